The third-order valence-electron chi connectivity index (χ3n) is 8.34. The summed E-state index contributed by atoms with van der Waals surface area (Å²) in [6, 6.07) is 7.22. The predicted octanol–water partition coefficient (Wildman–Crippen LogP) is 0.807. The molecule has 1 aliphatic heterocycles. The lowest BCUT2D eigenvalue weighted by molar-refractivity contribution is -0.133. The lowest BCUT2D eigenvalue weighted by Crippen LogP contribution is -2.59. The average Bonchev–Trinajstić information content (AvgIpc) is 2.97. The zero-order valence-corrected chi connectivity index (χ0v) is 24.4. The normalized spacial score (nSPS) is 25.0. The number of carbonyl (C=O) groups is 3. The van der Waals surface area contributed by atoms with Crippen molar-refractivity contribution in [1.82, 2.24) is 26.6 Å². The van der Waals surface area contributed by atoms with E-state index in [-0.39, 0.29) is 42.3 Å². The topological polar surface area (TPSA) is 178 Å². The van der Waals surface area contributed by atoms with Gasteiger partial charge in [-0.25, -0.2) is 0 Å². The third-order valence-corrected chi connectivity index (χ3v) is 8.34. The Hall–Kier alpha value is -3.67. The summed E-state index contributed by atoms with van der Waals surface area (Å²) in [5.41, 5.74) is 8.87. The van der Waals surface area contributed by atoms with E-state index < -0.39 is 29.9 Å². The Kier molecular flexibility index (Phi) is 10.8. The Morgan fingerprint density at radius 1 is 0.929 bits per heavy atom. The molecule has 0 unspecified atom stereocenters. The molecule has 5 atom stereocenters. The summed E-state index contributed by atoms with van der Waals surface area (Å²) in [5.74, 6) is -1.22. The van der Waals surface area contributed by atoms with Crippen molar-refractivity contribution in [2.45, 2.75) is 81.6 Å². The number of nitrogens with two attached hydrogens (primary N) is 1. The van der Waals surface area contributed by atoms with Crippen LogP contribution in [0, 0.1) is 0 Å². The van der Waals surface area contributed by atoms with Crippen molar-refractivity contribution in [3.05, 3.63) is 47.5 Å². The van der Waals surface area contributed by atoms with Gasteiger partial charge in [-0.15, -0.1) is 0 Å². The van der Waals surface area contributed by atoms with Crippen molar-refractivity contribution in [2.24, 2.45) is 5.73 Å². The second kappa shape index (κ2) is 14.5. The zero-order valence-electron chi connectivity index (χ0n) is 24.4. The first-order valence-corrected chi connectivity index (χ1v) is 14.8. The second-order valence-corrected chi connectivity index (χ2v) is 11.4. The van der Waals surface area contributed by atoms with E-state index in [1.165, 1.54) is 0 Å². The first-order valence-electron chi connectivity index (χ1n) is 14.8. The predicted molar refractivity (Wildman–Crippen MR) is 161 cm³/mol. The molecule has 9 N–H and O–H groups in total. The number of hydrogen-bond donors (Lipinski definition) is 8. The van der Waals surface area contributed by atoms with Crippen molar-refractivity contribution >= 4 is 17.7 Å². The van der Waals surface area contributed by atoms with Crippen LogP contribution in [0.2, 0.25) is 0 Å². The molecule has 11 nitrogen and oxygen atoms in total. The van der Waals surface area contributed by atoms with Gasteiger partial charge in [0.05, 0.1) is 6.04 Å². The highest BCUT2D eigenvalue weighted by Crippen LogP contribution is 2.31. The Labute approximate surface area is 247 Å². The van der Waals surface area contributed by atoms with Crippen LogP contribution in [0.1, 0.15) is 49.7 Å². The van der Waals surface area contributed by atoms with Gasteiger partial charge in [-0.1, -0.05) is 25.0 Å². The Bertz CT molecular complexity index is 1270. The van der Waals surface area contributed by atoms with Crippen LogP contribution in [0.3, 0.4) is 0 Å². The number of phenolic OH excluding ortho intramolecular Hbond substituents is 2. The van der Waals surface area contributed by atoms with Gasteiger partial charge in [-0.3, -0.25) is 14.4 Å². The molecule has 2 aromatic carbocycles. The van der Waals surface area contributed by atoms with Crippen LogP contribution in [0.25, 0.3) is 11.1 Å². The van der Waals surface area contributed by atoms with E-state index >= 15 is 0 Å². The molecule has 1 fully saturated rings. The van der Waals surface area contributed by atoms with Crippen LogP contribution >= 0.6 is 0 Å². The number of aromatic hydroxyl groups is 2. The molecule has 0 saturated heterocycles. The van der Waals surface area contributed by atoms with Gasteiger partial charge < -0.3 is 42.5 Å². The highest BCUT2D eigenvalue weighted by Gasteiger charge is 2.32. The Balaban J connectivity index is 1.74. The van der Waals surface area contributed by atoms with Crippen LogP contribution in [-0.4, -0.2) is 78.8 Å². The Morgan fingerprint density at radius 3 is 2.19 bits per heavy atom. The van der Waals surface area contributed by atoms with E-state index in [9.17, 15) is 24.6 Å². The van der Waals surface area contributed by atoms with Crippen LogP contribution in [-0.2, 0) is 27.2 Å². The number of fused-ring (bicyclic) bond motifs is 5. The first-order chi connectivity index (χ1) is 20.2. The third kappa shape index (κ3) is 7.78. The van der Waals surface area contributed by atoms with E-state index in [1.807, 2.05) is 13.1 Å². The molecular weight excluding hydrogens is 536 g/mol. The van der Waals surface area contributed by atoms with E-state index in [0.717, 1.165) is 36.8 Å². The van der Waals surface area contributed by atoms with Crippen molar-refractivity contribution in [2.75, 3.05) is 20.6 Å². The van der Waals surface area contributed by atoms with Gasteiger partial charge in [0.15, 0.2) is 0 Å². The summed E-state index contributed by atoms with van der Waals surface area (Å²) in [6.07, 6.45) is 4.70. The number of hydrogen-bond acceptors (Lipinski definition) is 8. The average molecular weight is 581 g/mol. The van der Waals surface area contributed by atoms with Crippen LogP contribution in [0.15, 0.2) is 36.4 Å². The van der Waals surface area contributed by atoms with E-state index in [4.69, 9.17) is 5.73 Å². The van der Waals surface area contributed by atoms with Gasteiger partial charge in [0.1, 0.15) is 23.6 Å². The lowest BCUT2D eigenvalue weighted by Gasteiger charge is -2.31. The summed E-state index contributed by atoms with van der Waals surface area (Å²) in [6.45, 7) is 0.639. The smallest absolute Gasteiger partial charge is 0.243 e. The fourth-order valence-electron chi connectivity index (χ4n) is 5.75. The van der Waals surface area contributed by atoms with Crippen LogP contribution in [0.5, 0.6) is 11.5 Å². The molecule has 2 aliphatic rings. The molecule has 42 heavy (non-hydrogen) atoms. The van der Waals surface area contributed by atoms with Gasteiger partial charge in [0, 0.05) is 24.9 Å². The first kappa shape index (κ1) is 31.3. The largest absolute Gasteiger partial charge is 0.508 e. The maximum atomic E-state index is 13.7. The highest BCUT2D eigenvalue weighted by molar-refractivity contribution is 5.93. The van der Waals surface area contributed by atoms with Crippen molar-refractivity contribution in [3.63, 3.8) is 0 Å². The van der Waals surface area contributed by atoms with Crippen LogP contribution < -0.4 is 32.3 Å². The molecule has 0 aromatic heterocycles. The molecule has 1 aliphatic carbocycles. The number of nitrogens with one attached hydrogen (secondary N) is 5. The van der Waals surface area contributed by atoms with Gasteiger partial charge in [0.2, 0.25) is 17.7 Å². The minimum Gasteiger partial charge on any atom is -0.508 e. The van der Waals surface area contributed by atoms with E-state index in [2.05, 4.69) is 26.6 Å². The monoisotopic (exact) mass is 580 g/mol. The molecule has 2 aromatic rings. The van der Waals surface area contributed by atoms with Gasteiger partial charge >= 0.3 is 0 Å². The summed E-state index contributed by atoms with van der Waals surface area (Å²) in [5, 5.41) is 36.2. The molecule has 0 spiro atoms. The minimum atomic E-state index is -1.02. The van der Waals surface area contributed by atoms with Crippen molar-refractivity contribution < 1.29 is 24.6 Å². The fourth-order valence-corrected chi connectivity index (χ4v) is 5.75. The van der Waals surface area contributed by atoms with Crippen molar-refractivity contribution in [3.8, 4) is 22.6 Å². The zero-order chi connectivity index (χ0) is 30.2. The molecule has 3 amide bonds. The lowest BCUT2D eigenvalue weighted by atomic mass is 9.90. The molecule has 228 valence electrons. The SMILES string of the molecule is CNCCC[C@@H]1NC(=O)[C@@H](NC)Cc2cc(ccc2O)-c2ccc(O)c(c2)C[C@@H](C(=O)N[C@@H]2CCCC[C@H]2N)NC1=O. The molecule has 4 bridgehead atoms. The number of benzene rings is 2. The molecule has 1 saturated carbocycles. The quantitative estimate of drug-likeness (QED) is 0.222. The van der Waals surface area contributed by atoms with E-state index in [1.54, 1.807) is 37.4 Å². The number of rotatable bonds is 7. The second-order valence-electron chi connectivity index (χ2n) is 11.4. The van der Waals surface area contributed by atoms with Gasteiger partial charge in [-0.2, -0.15) is 0 Å². The summed E-state index contributed by atoms with van der Waals surface area (Å²) >= 11 is 0. The standard InChI is InChI=1S/C31H44N6O5/c1-33-13-5-8-24-29(40)37-26(31(42)35-23-7-4-3-6-22(23)32)17-21-15-19(10-12-28(21)39)18-9-11-27(38)20(14-18)16-25(34-2)30(41)36-24/h9-12,14-15,22-26,33-34,38-39H,3-8,13,16-17,32H2,1-2H3,(H,35,42)(H,36,41)(H,37,40)/t22-,23-,24+,25+,26+/m1/s1. The summed E-state index contributed by atoms with van der Waals surface area (Å²) < 4.78 is 0. The number of likely N-dealkylation sites (N-methyl/N-ethyl adjacent to an activating group) is 1. The van der Waals surface area contributed by atoms with Crippen molar-refractivity contribution in [1.29, 1.82) is 0 Å². The maximum absolute atomic E-state index is 13.7. The van der Waals surface area contributed by atoms with Gasteiger partial charge in [-0.05, 0) is 92.8 Å². The molecule has 0 radical (unpaired) electrons. The molecule has 4 rings (SSSR count). The highest BCUT2D eigenvalue weighted by atomic mass is 16.3. The van der Waals surface area contributed by atoms with Crippen LogP contribution in [0.4, 0.5) is 0 Å². The molecule has 11 heteroatoms. The molecule has 1 heterocycles. The molecular formula is C31H44N6O5. The number of carbonyl (C=O) groups excluding carboxylic acids is 3. The summed E-state index contributed by atoms with van der Waals surface area (Å²) in [7, 11) is 3.46. The summed E-state index contributed by atoms with van der Waals surface area (Å²) in [4.78, 5) is 40.8. The van der Waals surface area contributed by atoms with Gasteiger partial charge in [0.25, 0.3) is 0 Å². The Morgan fingerprint density at radius 2 is 1.57 bits per heavy atom. The van der Waals surface area contributed by atoms with E-state index in [0.29, 0.717) is 30.5 Å². The minimum absolute atomic E-state index is 0.00222. The number of phenols is 2. The fraction of sp³-hybridized carbons (Fsp3) is 0.516. The maximum Gasteiger partial charge on any atom is 0.243 e. The number of amides is 3.